The number of amides is 2. The van der Waals surface area contributed by atoms with Gasteiger partial charge in [-0.2, -0.15) is 0 Å². The average Bonchev–Trinajstić information content (AvgIpc) is 2.46. The van der Waals surface area contributed by atoms with Crippen molar-refractivity contribution in [2.75, 3.05) is 25.5 Å². The van der Waals surface area contributed by atoms with E-state index in [0.717, 1.165) is 5.69 Å². The van der Waals surface area contributed by atoms with Crippen molar-refractivity contribution in [2.24, 2.45) is 11.1 Å². The van der Waals surface area contributed by atoms with Gasteiger partial charge in [-0.15, -0.1) is 0 Å². The highest BCUT2D eigenvalue weighted by Crippen LogP contribution is 2.21. The van der Waals surface area contributed by atoms with Crippen LogP contribution in [0.4, 0.5) is 5.69 Å². The van der Waals surface area contributed by atoms with Crippen LogP contribution in [0.5, 0.6) is 0 Å². The number of nitrogens with two attached hydrogens (primary N) is 1. The fourth-order valence-electron chi connectivity index (χ4n) is 1.85. The highest BCUT2D eigenvalue weighted by Gasteiger charge is 2.32. The first-order chi connectivity index (χ1) is 9.42. The summed E-state index contributed by atoms with van der Waals surface area (Å²) in [4.78, 5) is 25.6. The summed E-state index contributed by atoms with van der Waals surface area (Å²) in [6.07, 6.45) is 0.646. The minimum absolute atomic E-state index is 0.0172. The number of hydrogen-bond donors (Lipinski definition) is 2. The van der Waals surface area contributed by atoms with Gasteiger partial charge in [-0.05, 0) is 25.5 Å². The summed E-state index contributed by atoms with van der Waals surface area (Å²) in [7, 11) is 1.62. The van der Waals surface area contributed by atoms with Crippen molar-refractivity contribution in [3.63, 3.8) is 0 Å². The second-order valence-corrected chi connectivity index (χ2v) is 5.19. The number of nitrogens with zero attached hydrogens (tertiary/aromatic N) is 1. The molecule has 0 aliphatic carbocycles. The van der Waals surface area contributed by atoms with Crippen molar-refractivity contribution in [2.45, 2.75) is 20.3 Å². The summed E-state index contributed by atoms with van der Waals surface area (Å²) in [6, 6.07) is 9.16. The minimum atomic E-state index is -0.609. The number of likely N-dealkylation sites (N-methyl/N-ethyl adjacent to an activating group) is 1. The lowest BCUT2D eigenvalue weighted by Crippen LogP contribution is -2.46. The van der Waals surface area contributed by atoms with Gasteiger partial charge in [0.25, 0.3) is 0 Å². The Bertz CT molecular complexity index is 455. The Morgan fingerprint density at radius 3 is 2.40 bits per heavy atom. The van der Waals surface area contributed by atoms with E-state index < -0.39 is 5.41 Å². The standard InChI is InChI=1S/C15H23N3O2/c1-4-15(2,11-16)14(20)18(3)10-13(19)17-12-8-6-5-7-9-12/h5-9H,4,10-11,16H2,1-3H3,(H,17,19). The lowest BCUT2D eigenvalue weighted by Gasteiger charge is -2.30. The van der Waals surface area contributed by atoms with E-state index >= 15 is 0 Å². The van der Waals surface area contributed by atoms with Gasteiger partial charge in [0, 0.05) is 19.3 Å². The van der Waals surface area contributed by atoms with Gasteiger partial charge < -0.3 is 16.0 Å². The lowest BCUT2D eigenvalue weighted by molar-refractivity contribution is -0.141. The second-order valence-electron chi connectivity index (χ2n) is 5.19. The number of carbonyl (C=O) groups excluding carboxylic acids is 2. The van der Waals surface area contributed by atoms with Gasteiger partial charge in [-0.25, -0.2) is 0 Å². The molecule has 5 nitrogen and oxygen atoms in total. The minimum Gasteiger partial charge on any atom is -0.336 e. The van der Waals surface area contributed by atoms with Crippen LogP contribution in [0.15, 0.2) is 30.3 Å². The molecule has 1 aromatic rings. The summed E-state index contributed by atoms with van der Waals surface area (Å²) < 4.78 is 0. The zero-order chi connectivity index (χ0) is 15.2. The molecule has 110 valence electrons. The fourth-order valence-corrected chi connectivity index (χ4v) is 1.85. The van der Waals surface area contributed by atoms with Gasteiger partial charge in [0.2, 0.25) is 11.8 Å². The monoisotopic (exact) mass is 277 g/mol. The van der Waals surface area contributed by atoms with Gasteiger partial charge in [0.05, 0.1) is 12.0 Å². The quantitative estimate of drug-likeness (QED) is 0.826. The number of hydrogen-bond acceptors (Lipinski definition) is 3. The Hall–Kier alpha value is -1.88. The molecule has 0 aliphatic rings. The molecule has 2 amide bonds. The third kappa shape index (κ3) is 4.06. The number of rotatable bonds is 6. The lowest BCUT2D eigenvalue weighted by atomic mass is 9.86. The first-order valence-electron chi connectivity index (χ1n) is 6.73. The second kappa shape index (κ2) is 7.05. The van der Waals surface area contributed by atoms with E-state index in [1.54, 1.807) is 19.2 Å². The maximum atomic E-state index is 12.3. The van der Waals surface area contributed by atoms with Gasteiger partial charge >= 0.3 is 0 Å². The summed E-state index contributed by atoms with van der Waals surface area (Å²) in [5.41, 5.74) is 5.77. The Morgan fingerprint density at radius 1 is 1.30 bits per heavy atom. The van der Waals surface area contributed by atoms with E-state index in [1.807, 2.05) is 32.0 Å². The molecule has 1 unspecified atom stereocenters. The number of anilines is 1. The maximum Gasteiger partial charge on any atom is 0.243 e. The Balaban J connectivity index is 2.60. The summed E-state index contributed by atoms with van der Waals surface area (Å²) in [5.74, 6) is -0.326. The molecule has 3 N–H and O–H groups in total. The van der Waals surface area contributed by atoms with Crippen LogP contribution in [0.2, 0.25) is 0 Å². The number of nitrogens with one attached hydrogen (secondary N) is 1. The smallest absolute Gasteiger partial charge is 0.243 e. The number of carbonyl (C=O) groups is 2. The first kappa shape index (κ1) is 16.2. The van der Waals surface area contributed by atoms with Crippen LogP contribution in [0.1, 0.15) is 20.3 Å². The van der Waals surface area contributed by atoms with Gasteiger partial charge in [-0.3, -0.25) is 9.59 Å². The largest absolute Gasteiger partial charge is 0.336 e. The SMILES string of the molecule is CCC(C)(CN)C(=O)N(C)CC(=O)Nc1ccccc1. The van der Waals surface area contributed by atoms with Crippen molar-refractivity contribution in [3.05, 3.63) is 30.3 Å². The molecule has 0 bridgehead atoms. The van der Waals surface area contributed by atoms with E-state index in [0.29, 0.717) is 6.42 Å². The molecular weight excluding hydrogens is 254 g/mol. The Morgan fingerprint density at radius 2 is 1.90 bits per heavy atom. The molecule has 5 heteroatoms. The molecule has 20 heavy (non-hydrogen) atoms. The number of benzene rings is 1. The van der Waals surface area contributed by atoms with E-state index in [2.05, 4.69) is 5.32 Å². The molecule has 0 radical (unpaired) electrons. The van der Waals surface area contributed by atoms with Gasteiger partial charge in [0.15, 0.2) is 0 Å². The average molecular weight is 277 g/mol. The van der Waals surface area contributed by atoms with Crippen LogP contribution in [0.25, 0.3) is 0 Å². The topological polar surface area (TPSA) is 75.4 Å². The van der Waals surface area contributed by atoms with Crippen LogP contribution in [0.3, 0.4) is 0 Å². The fraction of sp³-hybridized carbons (Fsp3) is 0.467. The van der Waals surface area contributed by atoms with Crippen LogP contribution >= 0.6 is 0 Å². The Kier molecular flexibility index (Phi) is 5.70. The van der Waals surface area contributed by atoms with Crippen LogP contribution in [-0.4, -0.2) is 36.9 Å². The normalized spacial score (nSPS) is 13.4. The molecule has 0 saturated carbocycles. The van der Waals surface area contributed by atoms with Crippen LogP contribution in [-0.2, 0) is 9.59 Å². The summed E-state index contributed by atoms with van der Waals surface area (Å²) >= 11 is 0. The van der Waals surface area contributed by atoms with E-state index in [4.69, 9.17) is 5.73 Å². The molecule has 1 aromatic carbocycles. The molecule has 1 atom stereocenters. The van der Waals surface area contributed by atoms with E-state index in [9.17, 15) is 9.59 Å². The third-order valence-electron chi connectivity index (χ3n) is 3.53. The van der Waals surface area contributed by atoms with E-state index in [-0.39, 0.29) is 24.9 Å². The zero-order valence-corrected chi connectivity index (χ0v) is 12.3. The van der Waals surface area contributed by atoms with Gasteiger partial charge in [-0.1, -0.05) is 25.1 Å². The van der Waals surface area contributed by atoms with Crippen molar-refractivity contribution in [1.29, 1.82) is 0 Å². The Labute approximate surface area is 120 Å². The zero-order valence-electron chi connectivity index (χ0n) is 12.3. The number of para-hydroxylation sites is 1. The predicted molar refractivity (Wildman–Crippen MR) is 80.2 cm³/mol. The molecular formula is C15H23N3O2. The summed E-state index contributed by atoms with van der Waals surface area (Å²) in [6.45, 7) is 4.03. The maximum absolute atomic E-state index is 12.3. The molecule has 0 fully saturated rings. The van der Waals surface area contributed by atoms with Crippen molar-refractivity contribution in [3.8, 4) is 0 Å². The molecule has 0 aliphatic heterocycles. The molecule has 1 rings (SSSR count). The molecule has 0 saturated heterocycles. The van der Waals surface area contributed by atoms with Crippen LogP contribution < -0.4 is 11.1 Å². The predicted octanol–water partition coefficient (Wildman–Crippen LogP) is 1.46. The highest BCUT2D eigenvalue weighted by molar-refractivity contribution is 5.95. The molecule has 0 heterocycles. The highest BCUT2D eigenvalue weighted by atomic mass is 16.2. The molecule has 0 aromatic heterocycles. The summed E-state index contributed by atoms with van der Waals surface area (Å²) in [5, 5.41) is 2.75. The van der Waals surface area contributed by atoms with Crippen molar-refractivity contribution >= 4 is 17.5 Å². The van der Waals surface area contributed by atoms with Crippen LogP contribution in [0, 0.1) is 5.41 Å². The van der Waals surface area contributed by atoms with E-state index in [1.165, 1.54) is 4.90 Å². The van der Waals surface area contributed by atoms with Crippen molar-refractivity contribution in [1.82, 2.24) is 4.90 Å². The van der Waals surface area contributed by atoms with Crippen molar-refractivity contribution < 1.29 is 9.59 Å². The molecule has 0 spiro atoms. The van der Waals surface area contributed by atoms with Gasteiger partial charge in [0.1, 0.15) is 0 Å². The third-order valence-corrected chi connectivity index (χ3v) is 3.53. The first-order valence-corrected chi connectivity index (χ1v) is 6.73.